The standard InChI is InChI=1S/C11H22N2O/c1-13-6-4-10(5-7-13)12-9-11-3-2-8-14-11/h10-12H,2-9H2,1H3/p+2/t11-/m0/s1. The van der Waals surface area contributed by atoms with Gasteiger partial charge in [0.25, 0.3) is 0 Å². The molecule has 0 saturated carbocycles. The number of rotatable bonds is 3. The lowest BCUT2D eigenvalue weighted by Crippen LogP contribution is -3.12. The molecule has 0 aliphatic carbocycles. The fourth-order valence-electron chi connectivity index (χ4n) is 2.54. The molecule has 0 aromatic rings. The molecule has 2 heterocycles. The van der Waals surface area contributed by atoms with Crippen LogP contribution in [0.5, 0.6) is 0 Å². The van der Waals surface area contributed by atoms with Crippen molar-refractivity contribution in [2.24, 2.45) is 0 Å². The van der Waals surface area contributed by atoms with E-state index >= 15 is 0 Å². The van der Waals surface area contributed by atoms with Crippen LogP contribution in [-0.2, 0) is 4.74 Å². The van der Waals surface area contributed by atoms with Crippen molar-refractivity contribution < 1.29 is 15.0 Å². The zero-order chi connectivity index (χ0) is 9.80. The van der Waals surface area contributed by atoms with Crippen LogP contribution in [-0.4, -0.2) is 45.4 Å². The summed E-state index contributed by atoms with van der Waals surface area (Å²) in [4.78, 5) is 1.70. The smallest absolute Gasteiger partial charge is 0.106 e. The molecule has 2 saturated heterocycles. The Labute approximate surface area is 86.8 Å². The number of hydrogen-bond acceptors (Lipinski definition) is 1. The van der Waals surface area contributed by atoms with Crippen LogP contribution in [0.1, 0.15) is 25.7 Å². The summed E-state index contributed by atoms with van der Waals surface area (Å²) in [5, 5.41) is 2.53. The first-order valence-electron chi connectivity index (χ1n) is 6.11. The van der Waals surface area contributed by atoms with Crippen molar-refractivity contribution in [1.82, 2.24) is 0 Å². The number of nitrogens with two attached hydrogens (primary N) is 1. The Hall–Kier alpha value is -0.120. The molecule has 0 spiro atoms. The molecule has 3 nitrogen and oxygen atoms in total. The summed E-state index contributed by atoms with van der Waals surface area (Å²) in [6.07, 6.45) is 5.89. The van der Waals surface area contributed by atoms with Crippen molar-refractivity contribution in [3.63, 3.8) is 0 Å². The molecule has 0 radical (unpaired) electrons. The third-order valence-corrected chi connectivity index (χ3v) is 3.64. The zero-order valence-corrected chi connectivity index (χ0v) is 9.30. The fraction of sp³-hybridized carbons (Fsp3) is 1.00. The average molecular weight is 200 g/mol. The first-order valence-corrected chi connectivity index (χ1v) is 6.11. The van der Waals surface area contributed by atoms with E-state index in [0.29, 0.717) is 6.10 Å². The average Bonchev–Trinajstić information content (AvgIpc) is 2.70. The number of likely N-dealkylation sites (tertiary alicyclic amines) is 1. The van der Waals surface area contributed by atoms with Gasteiger partial charge in [0, 0.05) is 19.4 Å². The lowest BCUT2D eigenvalue weighted by Gasteiger charge is -2.25. The Bertz CT molecular complexity index is 161. The second kappa shape index (κ2) is 5.10. The van der Waals surface area contributed by atoms with Gasteiger partial charge < -0.3 is 15.0 Å². The normalized spacial score (nSPS) is 38.8. The summed E-state index contributed by atoms with van der Waals surface area (Å²) in [6.45, 7) is 4.90. The monoisotopic (exact) mass is 200 g/mol. The molecule has 0 bridgehead atoms. The van der Waals surface area contributed by atoms with Crippen LogP contribution in [0.3, 0.4) is 0 Å². The van der Waals surface area contributed by atoms with Crippen LogP contribution >= 0.6 is 0 Å². The van der Waals surface area contributed by atoms with Crippen LogP contribution < -0.4 is 10.2 Å². The van der Waals surface area contributed by atoms with E-state index in [9.17, 15) is 0 Å². The van der Waals surface area contributed by atoms with Crippen LogP contribution in [0, 0.1) is 0 Å². The van der Waals surface area contributed by atoms with E-state index in [1.165, 1.54) is 45.3 Å². The summed E-state index contributed by atoms with van der Waals surface area (Å²) >= 11 is 0. The summed E-state index contributed by atoms with van der Waals surface area (Å²) in [7, 11) is 2.30. The van der Waals surface area contributed by atoms with E-state index in [-0.39, 0.29) is 0 Å². The molecule has 0 unspecified atom stereocenters. The van der Waals surface area contributed by atoms with E-state index in [1.807, 2.05) is 0 Å². The van der Waals surface area contributed by atoms with Gasteiger partial charge in [0.05, 0.1) is 26.2 Å². The van der Waals surface area contributed by atoms with Crippen molar-refractivity contribution in [1.29, 1.82) is 0 Å². The van der Waals surface area contributed by atoms with Crippen molar-refractivity contribution >= 4 is 0 Å². The second-order valence-electron chi connectivity index (χ2n) is 4.90. The summed E-state index contributed by atoms with van der Waals surface area (Å²) in [6, 6.07) is 0.878. The minimum atomic E-state index is 0.557. The molecule has 0 aromatic carbocycles. The van der Waals surface area contributed by atoms with Gasteiger partial charge >= 0.3 is 0 Å². The van der Waals surface area contributed by atoms with Gasteiger partial charge in [-0.2, -0.15) is 0 Å². The highest BCUT2D eigenvalue weighted by molar-refractivity contribution is 4.63. The van der Waals surface area contributed by atoms with Crippen molar-refractivity contribution in [2.75, 3.05) is 33.3 Å². The summed E-state index contributed by atoms with van der Waals surface area (Å²) in [5.74, 6) is 0. The molecule has 0 aromatic heterocycles. The van der Waals surface area contributed by atoms with E-state index in [0.717, 1.165) is 12.6 Å². The Morgan fingerprint density at radius 3 is 2.71 bits per heavy atom. The molecule has 2 aliphatic rings. The third-order valence-electron chi connectivity index (χ3n) is 3.64. The van der Waals surface area contributed by atoms with Gasteiger partial charge in [0.1, 0.15) is 12.6 Å². The SMILES string of the molecule is C[NH+]1CCC([NH2+]C[C@@H]2CCCO2)CC1. The number of nitrogens with one attached hydrogen (secondary N) is 1. The fourth-order valence-corrected chi connectivity index (χ4v) is 2.54. The Kier molecular flexibility index (Phi) is 3.79. The van der Waals surface area contributed by atoms with Gasteiger partial charge in [-0.05, 0) is 12.8 Å². The second-order valence-corrected chi connectivity index (χ2v) is 4.90. The quantitative estimate of drug-likeness (QED) is 0.565. The minimum absolute atomic E-state index is 0.557. The molecule has 0 amide bonds. The maximum atomic E-state index is 5.63. The summed E-state index contributed by atoms with van der Waals surface area (Å²) < 4.78 is 5.63. The van der Waals surface area contributed by atoms with Crippen LogP contribution in [0.2, 0.25) is 0 Å². The van der Waals surface area contributed by atoms with Crippen LogP contribution in [0.4, 0.5) is 0 Å². The Balaban J connectivity index is 1.60. The number of hydrogen-bond donors (Lipinski definition) is 2. The lowest BCUT2D eigenvalue weighted by atomic mass is 10.1. The predicted octanol–water partition coefficient (Wildman–Crippen LogP) is -1.59. The van der Waals surface area contributed by atoms with Gasteiger partial charge in [-0.25, -0.2) is 0 Å². The third kappa shape index (κ3) is 2.94. The Morgan fingerprint density at radius 1 is 1.29 bits per heavy atom. The Morgan fingerprint density at radius 2 is 2.07 bits per heavy atom. The molecule has 14 heavy (non-hydrogen) atoms. The van der Waals surface area contributed by atoms with Gasteiger partial charge in [0.15, 0.2) is 0 Å². The van der Waals surface area contributed by atoms with E-state index in [4.69, 9.17) is 4.74 Å². The predicted molar refractivity (Wildman–Crippen MR) is 55.4 cm³/mol. The molecule has 3 N–H and O–H groups in total. The lowest BCUT2D eigenvalue weighted by molar-refractivity contribution is -0.894. The van der Waals surface area contributed by atoms with Gasteiger partial charge in [-0.1, -0.05) is 0 Å². The van der Waals surface area contributed by atoms with Gasteiger partial charge in [0.2, 0.25) is 0 Å². The van der Waals surface area contributed by atoms with Gasteiger partial charge in [-0.3, -0.25) is 0 Å². The zero-order valence-electron chi connectivity index (χ0n) is 9.30. The molecule has 2 fully saturated rings. The molecule has 2 rings (SSSR count). The molecular formula is C11H24N2O+2. The molecule has 82 valence electrons. The maximum absolute atomic E-state index is 5.63. The molecule has 3 heteroatoms. The highest BCUT2D eigenvalue weighted by Crippen LogP contribution is 2.09. The first-order chi connectivity index (χ1) is 6.84. The minimum Gasteiger partial charge on any atom is -0.372 e. The van der Waals surface area contributed by atoms with Crippen molar-refractivity contribution in [3.8, 4) is 0 Å². The largest absolute Gasteiger partial charge is 0.372 e. The highest BCUT2D eigenvalue weighted by atomic mass is 16.5. The number of quaternary nitrogens is 2. The molecular weight excluding hydrogens is 176 g/mol. The molecule has 2 aliphatic heterocycles. The first kappa shape index (κ1) is 10.4. The topological polar surface area (TPSA) is 30.3 Å². The van der Waals surface area contributed by atoms with E-state index < -0.39 is 0 Å². The number of piperidine rings is 1. The molecule has 1 atom stereocenters. The number of ether oxygens (including phenoxy) is 1. The van der Waals surface area contributed by atoms with Crippen molar-refractivity contribution in [2.45, 2.75) is 37.8 Å². The van der Waals surface area contributed by atoms with E-state index in [2.05, 4.69) is 12.4 Å². The van der Waals surface area contributed by atoms with Crippen LogP contribution in [0.25, 0.3) is 0 Å². The summed E-state index contributed by atoms with van der Waals surface area (Å²) in [5.41, 5.74) is 0. The maximum Gasteiger partial charge on any atom is 0.106 e. The van der Waals surface area contributed by atoms with Gasteiger partial charge in [-0.15, -0.1) is 0 Å². The highest BCUT2D eigenvalue weighted by Gasteiger charge is 2.24. The van der Waals surface area contributed by atoms with E-state index in [1.54, 1.807) is 4.90 Å². The van der Waals surface area contributed by atoms with Crippen molar-refractivity contribution in [3.05, 3.63) is 0 Å². The van der Waals surface area contributed by atoms with Crippen LogP contribution in [0.15, 0.2) is 0 Å².